The lowest BCUT2D eigenvalue weighted by atomic mass is 9.93. The summed E-state index contributed by atoms with van der Waals surface area (Å²) in [6, 6.07) is 10.3. The van der Waals surface area contributed by atoms with E-state index in [1.807, 2.05) is 25.1 Å². The van der Waals surface area contributed by atoms with E-state index in [9.17, 15) is 5.11 Å². The Morgan fingerprint density at radius 1 is 1.23 bits per heavy atom. The van der Waals surface area contributed by atoms with E-state index < -0.39 is 0 Å². The molecule has 0 aliphatic rings. The van der Waals surface area contributed by atoms with Gasteiger partial charge < -0.3 is 5.11 Å². The number of rotatable bonds is 4. The number of benzene rings is 1. The minimum atomic E-state index is -0.204. The third kappa shape index (κ3) is 3.19. The van der Waals surface area contributed by atoms with Gasteiger partial charge in [-0.05, 0) is 24.8 Å². The number of aliphatic hydroxyl groups excluding tert-OH is 1. The second kappa shape index (κ2) is 5.03. The van der Waals surface area contributed by atoms with Crippen LogP contribution in [-0.2, 0) is 6.42 Å². The zero-order valence-corrected chi connectivity index (χ0v) is 8.40. The average molecular weight is 178 g/mol. The minimum absolute atomic E-state index is 0.204. The Kier molecular flexibility index (Phi) is 3.97. The Labute approximate surface area is 80.4 Å². The molecule has 1 aromatic carbocycles. The highest BCUT2D eigenvalue weighted by atomic mass is 16.3. The van der Waals surface area contributed by atoms with Gasteiger partial charge in [0.15, 0.2) is 0 Å². The van der Waals surface area contributed by atoms with E-state index >= 15 is 0 Å². The molecule has 1 aromatic rings. The molecule has 0 aliphatic heterocycles. The molecule has 13 heavy (non-hydrogen) atoms. The highest BCUT2D eigenvalue weighted by Gasteiger charge is 2.12. The molecule has 0 heterocycles. The molecule has 0 aromatic heterocycles. The molecule has 0 bridgehead atoms. The highest BCUT2D eigenvalue weighted by molar-refractivity contribution is 5.15. The van der Waals surface area contributed by atoms with E-state index in [2.05, 4.69) is 19.1 Å². The first kappa shape index (κ1) is 10.3. The standard InChI is InChI=1S/C12H18O/c1-3-12(10(2)13)9-11-7-5-4-6-8-11/h4-8,10,12-13H,3,9H2,1-2H3/t10-,12-/m0/s1. The SMILES string of the molecule is CC[C@@H](Cc1ccccc1)[C@H](C)O. The summed E-state index contributed by atoms with van der Waals surface area (Å²) < 4.78 is 0. The van der Waals surface area contributed by atoms with Crippen LogP contribution in [0.15, 0.2) is 30.3 Å². The van der Waals surface area contributed by atoms with Crippen molar-refractivity contribution in [1.82, 2.24) is 0 Å². The van der Waals surface area contributed by atoms with Crippen LogP contribution in [0.2, 0.25) is 0 Å². The molecule has 72 valence electrons. The Hall–Kier alpha value is -0.820. The first-order valence-electron chi connectivity index (χ1n) is 4.96. The molecule has 0 amide bonds. The van der Waals surface area contributed by atoms with Crippen LogP contribution in [0.25, 0.3) is 0 Å². The van der Waals surface area contributed by atoms with E-state index in [1.54, 1.807) is 0 Å². The van der Waals surface area contributed by atoms with Crippen molar-refractivity contribution < 1.29 is 5.11 Å². The Balaban J connectivity index is 2.57. The molecule has 0 spiro atoms. The molecule has 0 saturated heterocycles. The maximum absolute atomic E-state index is 9.47. The van der Waals surface area contributed by atoms with Crippen LogP contribution >= 0.6 is 0 Å². The van der Waals surface area contributed by atoms with Crippen molar-refractivity contribution in [3.8, 4) is 0 Å². The van der Waals surface area contributed by atoms with Gasteiger partial charge in [0.25, 0.3) is 0 Å². The maximum Gasteiger partial charge on any atom is 0.0543 e. The van der Waals surface area contributed by atoms with Gasteiger partial charge in [0, 0.05) is 0 Å². The summed E-state index contributed by atoms with van der Waals surface area (Å²) in [5.74, 6) is 0.391. The predicted molar refractivity (Wildman–Crippen MR) is 55.6 cm³/mol. The monoisotopic (exact) mass is 178 g/mol. The lowest BCUT2D eigenvalue weighted by Crippen LogP contribution is -2.18. The summed E-state index contributed by atoms with van der Waals surface area (Å²) in [5, 5.41) is 9.47. The lowest BCUT2D eigenvalue weighted by Gasteiger charge is -2.17. The van der Waals surface area contributed by atoms with Crippen LogP contribution in [0, 0.1) is 5.92 Å². The van der Waals surface area contributed by atoms with Crippen LogP contribution in [0.5, 0.6) is 0 Å². The molecule has 0 unspecified atom stereocenters. The molecule has 0 fully saturated rings. The van der Waals surface area contributed by atoms with Crippen molar-refractivity contribution in [2.45, 2.75) is 32.8 Å². The van der Waals surface area contributed by atoms with Crippen LogP contribution in [0.1, 0.15) is 25.8 Å². The van der Waals surface area contributed by atoms with Gasteiger partial charge in [-0.15, -0.1) is 0 Å². The second-order valence-corrected chi connectivity index (χ2v) is 3.60. The fourth-order valence-corrected chi connectivity index (χ4v) is 1.57. The smallest absolute Gasteiger partial charge is 0.0543 e. The summed E-state index contributed by atoms with van der Waals surface area (Å²) in [6.45, 7) is 4.00. The van der Waals surface area contributed by atoms with Gasteiger partial charge in [0.2, 0.25) is 0 Å². The fourth-order valence-electron chi connectivity index (χ4n) is 1.57. The third-order valence-corrected chi connectivity index (χ3v) is 2.55. The minimum Gasteiger partial charge on any atom is -0.393 e. The zero-order chi connectivity index (χ0) is 9.68. The average Bonchev–Trinajstić information content (AvgIpc) is 2.15. The molecular weight excluding hydrogens is 160 g/mol. The van der Waals surface area contributed by atoms with Gasteiger partial charge in [-0.1, -0.05) is 43.7 Å². The first-order valence-corrected chi connectivity index (χ1v) is 4.96. The van der Waals surface area contributed by atoms with Crippen molar-refractivity contribution >= 4 is 0 Å². The molecular formula is C12H18O. The zero-order valence-electron chi connectivity index (χ0n) is 8.40. The van der Waals surface area contributed by atoms with Gasteiger partial charge in [0.1, 0.15) is 0 Å². The normalized spacial score (nSPS) is 15.3. The largest absolute Gasteiger partial charge is 0.393 e. The molecule has 1 heteroatoms. The second-order valence-electron chi connectivity index (χ2n) is 3.60. The van der Waals surface area contributed by atoms with Gasteiger partial charge in [-0.3, -0.25) is 0 Å². The molecule has 2 atom stereocenters. The molecule has 1 nitrogen and oxygen atoms in total. The van der Waals surface area contributed by atoms with Crippen molar-refractivity contribution in [1.29, 1.82) is 0 Å². The van der Waals surface area contributed by atoms with Crippen molar-refractivity contribution in [2.75, 3.05) is 0 Å². The van der Waals surface area contributed by atoms with Crippen molar-refractivity contribution in [3.63, 3.8) is 0 Å². The summed E-state index contributed by atoms with van der Waals surface area (Å²) in [5.41, 5.74) is 1.32. The first-order chi connectivity index (χ1) is 6.24. The Bertz CT molecular complexity index is 228. The van der Waals surface area contributed by atoms with E-state index in [0.717, 1.165) is 12.8 Å². The highest BCUT2D eigenvalue weighted by Crippen LogP contribution is 2.15. The van der Waals surface area contributed by atoms with Crippen molar-refractivity contribution in [2.24, 2.45) is 5.92 Å². The lowest BCUT2D eigenvalue weighted by molar-refractivity contribution is 0.123. The van der Waals surface area contributed by atoms with Gasteiger partial charge in [0.05, 0.1) is 6.10 Å². The van der Waals surface area contributed by atoms with Gasteiger partial charge >= 0.3 is 0 Å². The maximum atomic E-state index is 9.47. The Morgan fingerprint density at radius 2 is 1.85 bits per heavy atom. The number of hydrogen-bond donors (Lipinski definition) is 1. The van der Waals surface area contributed by atoms with E-state index in [-0.39, 0.29) is 6.10 Å². The molecule has 0 saturated carbocycles. The summed E-state index contributed by atoms with van der Waals surface area (Å²) in [7, 11) is 0. The number of aliphatic hydroxyl groups is 1. The molecule has 0 aliphatic carbocycles. The topological polar surface area (TPSA) is 20.2 Å². The quantitative estimate of drug-likeness (QED) is 0.751. The molecule has 1 N–H and O–H groups in total. The van der Waals surface area contributed by atoms with E-state index in [4.69, 9.17) is 0 Å². The van der Waals surface area contributed by atoms with Crippen LogP contribution in [0.4, 0.5) is 0 Å². The number of hydrogen-bond acceptors (Lipinski definition) is 1. The van der Waals surface area contributed by atoms with Gasteiger partial charge in [-0.2, -0.15) is 0 Å². The van der Waals surface area contributed by atoms with Crippen LogP contribution in [-0.4, -0.2) is 11.2 Å². The van der Waals surface area contributed by atoms with Crippen LogP contribution in [0.3, 0.4) is 0 Å². The van der Waals surface area contributed by atoms with Gasteiger partial charge in [-0.25, -0.2) is 0 Å². The predicted octanol–water partition coefficient (Wildman–Crippen LogP) is 2.64. The van der Waals surface area contributed by atoms with Crippen LogP contribution < -0.4 is 0 Å². The molecule has 0 radical (unpaired) electrons. The molecule has 1 rings (SSSR count). The third-order valence-electron chi connectivity index (χ3n) is 2.55. The summed E-state index contributed by atoms with van der Waals surface area (Å²) in [4.78, 5) is 0. The van der Waals surface area contributed by atoms with E-state index in [1.165, 1.54) is 5.56 Å². The summed E-state index contributed by atoms with van der Waals surface area (Å²) >= 11 is 0. The summed E-state index contributed by atoms with van der Waals surface area (Å²) in [6.07, 6.45) is 1.81. The Morgan fingerprint density at radius 3 is 2.31 bits per heavy atom. The van der Waals surface area contributed by atoms with E-state index in [0.29, 0.717) is 5.92 Å². The van der Waals surface area contributed by atoms with Crippen molar-refractivity contribution in [3.05, 3.63) is 35.9 Å². The fraction of sp³-hybridized carbons (Fsp3) is 0.500.